The number of aryl methyl sites for hydroxylation is 1. The molecule has 1 aromatic heterocycles. The second kappa shape index (κ2) is 14.5. The summed E-state index contributed by atoms with van der Waals surface area (Å²) < 4.78 is 42.8. The lowest BCUT2D eigenvalue weighted by Gasteiger charge is -2.26. The zero-order chi connectivity index (χ0) is 28.3. The van der Waals surface area contributed by atoms with Gasteiger partial charge in [0, 0.05) is 24.5 Å². The van der Waals surface area contributed by atoms with Crippen LogP contribution < -0.4 is 14.8 Å². The minimum absolute atomic E-state index is 0.0424. The van der Waals surface area contributed by atoms with Gasteiger partial charge in [0.2, 0.25) is 5.91 Å². The predicted molar refractivity (Wildman–Crippen MR) is 150 cm³/mol. The number of methoxy groups -OCH3 is 1. The van der Waals surface area contributed by atoms with Gasteiger partial charge in [-0.2, -0.15) is 8.42 Å². The Morgan fingerprint density at radius 3 is 2.46 bits per heavy atom. The number of nitrogens with zero attached hydrogens (tertiary/aromatic N) is 2. The van der Waals surface area contributed by atoms with E-state index in [0.29, 0.717) is 30.7 Å². The second-order valence-electron chi connectivity index (χ2n) is 9.65. The first kappa shape index (κ1) is 29.9. The zero-order valence-electron chi connectivity index (χ0n) is 22.6. The maximum atomic E-state index is 12.2. The minimum atomic E-state index is -4.02. The number of hydrogen-bond acceptors (Lipinski definition) is 6. The van der Waals surface area contributed by atoms with Gasteiger partial charge >= 0.3 is 0 Å². The van der Waals surface area contributed by atoms with E-state index in [4.69, 9.17) is 14.0 Å². The summed E-state index contributed by atoms with van der Waals surface area (Å²) in [5, 5.41) is 3.10. The Labute approximate surface area is 230 Å². The van der Waals surface area contributed by atoms with Crippen LogP contribution in [0.1, 0.15) is 43.7 Å². The van der Waals surface area contributed by atoms with E-state index >= 15 is 0 Å². The summed E-state index contributed by atoms with van der Waals surface area (Å²) in [5.41, 5.74) is 1.85. The van der Waals surface area contributed by atoms with Crippen LogP contribution in [0.2, 0.25) is 0 Å². The van der Waals surface area contributed by atoms with Crippen LogP contribution in [0.4, 0.5) is 0 Å². The van der Waals surface area contributed by atoms with Gasteiger partial charge in [-0.15, -0.1) is 0 Å². The molecule has 2 aromatic carbocycles. The van der Waals surface area contributed by atoms with Crippen molar-refractivity contribution >= 4 is 22.1 Å². The molecular formula is C29H37N3O6S. The van der Waals surface area contributed by atoms with E-state index in [1.807, 2.05) is 35.9 Å². The van der Waals surface area contributed by atoms with Gasteiger partial charge < -0.3 is 19.4 Å². The van der Waals surface area contributed by atoms with Crippen molar-refractivity contribution in [2.45, 2.75) is 57.0 Å². The molecule has 1 aliphatic carbocycles. The molecule has 0 aliphatic heterocycles. The highest BCUT2D eigenvalue weighted by atomic mass is 32.2. The maximum Gasteiger partial charge on any atom is 0.294 e. The molecule has 0 spiro atoms. The number of imidazole rings is 1. The van der Waals surface area contributed by atoms with Gasteiger partial charge in [0.25, 0.3) is 10.1 Å². The lowest BCUT2D eigenvalue weighted by atomic mass is 9.87. The first-order valence-corrected chi connectivity index (χ1v) is 14.4. The molecule has 9 nitrogen and oxygen atoms in total. The molecule has 2 N–H and O–H groups in total. The van der Waals surface area contributed by atoms with E-state index in [0.717, 1.165) is 29.9 Å². The van der Waals surface area contributed by atoms with Crippen LogP contribution in [0, 0.1) is 12.8 Å². The number of aromatic nitrogens is 2. The van der Waals surface area contributed by atoms with Gasteiger partial charge in [-0.25, -0.2) is 4.98 Å². The Hall–Kier alpha value is -3.63. The fourth-order valence-electron chi connectivity index (χ4n) is 4.12. The van der Waals surface area contributed by atoms with Crippen LogP contribution in [-0.2, 0) is 21.5 Å². The third kappa shape index (κ3) is 10.2. The van der Waals surface area contributed by atoms with Crippen LogP contribution in [0.5, 0.6) is 11.5 Å². The molecule has 210 valence electrons. The fraction of sp³-hybridized carbons (Fsp3) is 0.379. The fourth-order valence-corrected chi connectivity index (χ4v) is 4.60. The number of amides is 1. The van der Waals surface area contributed by atoms with Gasteiger partial charge in [-0.3, -0.25) is 9.35 Å². The Balaban J connectivity index is 0.000000320. The first-order chi connectivity index (χ1) is 18.6. The highest BCUT2D eigenvalue weighted by Gasteiger charge is 2.18. The van der Waals surface area contributed by atoms with Crippen molar-refractivity contribution in [3.8, 4) is 11.5 Å². The zero-order valence-corrected chi connectivity index (χ0v) is 23.4. The molecular weight excluding hydrogens is 518 g/mol. The third-order valence-corrected chi connectivity index (χ3v) is 7.33. The SMILES string of the molecule is COc1cc(/C=C/C(=O)NC2CCC(C)CC2)ccc1OCCn1ccnc1.Cc1ccc(S(=O)(=O)O)cc1. The lowest BCUT2D eigenvalue weighted by molar-refractivity contribution is -0.117. The smallest absolute Gasteiger partial charge is 0.294 e. The average Bonchev–Trinajstić information content (AvgIpc) is 3.43. The Kier molecular flexibility index (Phi) is 11.1. The molecule has 0 atom stereocenters. The molecule has 1 saturated carbocycles. The number of hydrogen-bond donors (Lipinski definition) is 2. The van der Waals surface area contributed by atoms with Crippen molar-refractivity contribution in [2.75, 3.05) is 13.7 Å². The molecule has 3 aromatic rings. The maximum absolute atomic E-state index is 12.2. The van der Waals surface area contributed by atoms with E-state index in [9.17, 15) is 13.2 Å². The normalized spacial score (nSPS) is 17.2. The molecule has 1 amide bonds. The van der Waals surface area contributed by atoms with Crippen LogP contribution in [-0.4, -0.2) is 48.2 Å². The summed E-state index contributed by atoms with van der Waals surface area (Å²) in [6.45, 7) is 5.35. The van der Waals surface area contributed by atoms with Crippen LogP contribution >= 0.6 is 0 Å². The number of carbonyl (C=O) groups excluding carboxylic acids is 1. The Bertz CT molecular complexity index is 1310. The van der Waals surface area contributed by atoms with E-state index in [2.05, 4.69) is 17.2 Å². The molecule has 39 heavy (non-hydrogen) atoms. The highest BCUT2D eigenvalue weighted by Crippen LogP contribution is 2.28. The molecule has 10 heteroatoms. The van der Waals surface area contributed by atoms with Gasteiger partial charge in [-0.05, 0) is 74.4 Å². The number of benzene rings is 2. The van der Waals surface area contributed by atoms with Crippen molar-refractivity contribution < 1.29 is 27.2 Å². The van der Waals surface area contributed by atoms with Gasteiger partial charge in [-0.1, -0.05) is 30.7 Å². The lowest BCUT2D eigenvalue weighted by Crippen LogP contribution is -2.36. The van der Waals surface area contributed by atoms with Crippen molar-refractivity contribution in [3.63, 3.8) is 0 Å². The first-order valence-electron chi connectivity index (χ1n) is 12.9. The minimum Gasteiger partial charge on any atom is -0.493 e. The van der Waals surface area contributed by atoms with Crippen molar-refractivity contribution in [2.24, 2.45) is 5.92 Å². The van der Waals surface area contributed by atoms with E-state index in [-0.39, 0.29) is 10.8 Å². The Morgan fingerprint density at radius 2 is 1.85 bits per heavy atom. The summed E-state index contributed by atoms with van der Waals surface area (Å²) in [6, 6.07) is 11.9. The number of rotatable bonds is 9. The van der Waals surface area contributed by atoms with Crippen molar-refractivity contribution in [3.05, 3.63) is 78.4 Å². The summed E-state index contributed by atoms with van der Waals surface area (Å²) in [4.78, 5) is 16.1. The quantitative estimate of drug-likeness (QED) is 0.284. The Morgan fingerprint density at radius 1 is 1.13 bits per heavy atom. The summed E-state index contributed by atoms with van der Waals surface area (Å²) in [5.74, 6) is 2.06. The average molecular weight is 556 g/mol. The predicted octanol–water partition coefficient (Wildman–Crippen LogP) is 4.92. The van der Waals surface area contributed by atoms with Crippen molar-refractivity contribution in [1.29, 1.82) is 0 Å². The number of ether oxygens (including phenoxy) is 2. The third-order valence-electron chi connectivity index (χ3n) is 6.46. The number of nitrogens with one attached hydrogen (secondary N) is 1. The van der Waals surface area contributed by atoms with Crippen LogP contribution in [0.25, 0.3) is 6.08 Å². The molecule has 1 fully saturated rings. The molecule has 1 aliphatic rings. The molecule has 0 unspecified atom stereocenters. The summed E-state index contributed by atoms with van der Waals surface area (Å²) >= 11 is 0. The van der Waals surface area contributed by atoms with Crippen LogP contribution in [0.15, 0.2) is 72.2 Å². The van der Waals surface area contributed by atoms with E-state index < -0.39 is 10.1 Å². The molecule has 0 radical (unpaired) electrons. The standard InChI is InChI=1S/C22H29N3O3.C7H8O3S/c1-17-3-7-19(8-4-17)24-22(26)10-6-18-5-9-20(21(15-18)27-2)28-14-13-25-12-11-23-16-25;1-6-2-4-7(5-3-6)11(8,9)10/h5-6,9-12,15-17,19H,3-4,7-8,13-14H2,1-2H3,(H,24,26);2-5H,1H3,(H,8,9,10)/b10-6+;. The van der Waals surface area contributed by atoms with Crippen molar-refractivity contribution in [1.82, 2.24) is 14.9 Å². The van der Waals surface area contributed by atoms with Crippen LogP contribution in [0.3, 0.4) is 0 Å². The largest absolute Gasteiger partial charge is 0.493 e. The summed E-state index contributed by atoms with van der Waals surface area (Å²) in [6.07, 6.45) is 13.3. The van der Waals surface area contributed by atoms with Gasteiger partial charge in [0.05, 0.1) is 24.9 Å². The van der Waals surface area contributed by atoms with E-state index in [1.165, 1.54) is 25.0 Å². The van der Waals surface area contributed by atoms with Gasteiger partial charge in [0.1, 0.15) is 6.61 Å². The molecule has 0 saturated heterocycles. The molecule has 1 heterocycles. The topological polar surface area (TPSA) is 120 Å². The van der Waals surface area contributed by atoms with Gasteiger partial charge in [0.15, 0.2) is 11.5 Å². The molecule has 0 bridgehead atoms. The van der Waals surface area contributed by atoms with E-state index in [1.54, 1.807) is 43.9 Å². The monoisotopic (exact) mass is 555 g/mol. The highest BCUT2D eigenvalue weighted by molar-refractivity contribution is 7.85. The number of carbonyl (C=O) groups is 1. The molecule has 4 rings (SSSR count). The summed E-state index contributed by atoms with van der Waals surface area (Å²) in [7, 11) is -2.41. The second-order valence-corrected chi connectivity index (χ2v) is 11.1.